The number of unbranched alkanes of at least 4 members (excludes halogenated alkanes) is 1. The van der Waals surface area contributed by atoms with Crippen molar-refractivity contribution >= 4 is 35.6 Å². The Balaban J connectivity index is 0.00000256. The second-order valence-corrected chi connectivity index (χ2v) is 4.45. The summed E-state index contributed by atoms with van der Waals surface area (Å²) in [6.07, 6.45) is 2.34. The van der Waals surface area contributed by atoms with Crippen LogP contribution >= 0.6 is 35.6 Å². The second-order valence-electron chi connectivity index (χ2n) is 3.61. The third-order valence-electron chi connectivity index (χ3n) is 2.31. The lowest BCUT2D eigenvalue weighted by Crippen LogP contribution is -2.15. The zero-order chi connectivity index (χ0) is 12.0. The summed E-state index contributed by atoms with van der Waals surface area (Å²) >= 11 is 12.0. The van der Waals surface area contributed by atoms with E-state index in [0.717, 1.165) is 25.1 Å². The molecule has 17 heavy (non-hydrogen) atoms. The van der Waals surface area contributed by atoms with Crippen molar-refractivity contribution in [3.8, 4) is 5.75 Å². The summed E-state index contributed by atoms with van der Waals surface area (Å²) in [7, 11) is 1.62. The van der Waals surface area contributed by atoms with E-state index in [4.69, 9.17) is 27.9 Å². The van der Waals surface area contributed by atoms with Crippen molar-refractivity contribution in [1.82, 2.24) is 5.32 Å². The van der Waals surface area contributed by atoms with Gasteiger partial charge in [0.2, 0.25) is 0 Å². The highest BCUT2D eigenvalue weighted by Gasteiger charge is 2.08. The molecule has 0 fully saturated rings. The standard InChI is InChI=1S/C12H17Cl2NO.ClH/c1-3-4-5-15-8-9-6-10(13)7-11(14)12(9)16-2;/h6-7,15H,3-5,8H2,1-2H3;1H. The van der Waals surface area contributed by atoms with Crippen molar-refractivity contribution < 1.29 is 4.74 Å². The minimum absolute atomic E-state index is 0. The molecular formula is C12H18Cl3NO. The van der Waals surface area contributed by atoms with E-state index in [1.165, 1.54) is 6.42 Å². The molecule has 0 aliphatic heterocycles. The molecule has 0 aromatic heterocycles. The first-order valence-corrected chi connectivity index (χ1v) is 6.17. The zero-order valence-electron chi connectivity index (χ0n) is 10.1. The van der Waals surface area contributed by atoms with E-state index in [9.17, 15) is 0 Å². The van der Waals surface area contributed by atoms with Gasteiger partial charge in [0, 0.05) is 17.1 Å². The highest BCUT2D eigenvalue weighted by molar-refractivity contribution is 6.35. The molecule has 0 aliphatic rings. The van der Waals surface area contributed by atoms with Gasteiger partial charge in [0.25, 0.3) is 0 Å². The molecule has 2 nitrogen and oxygen atoms in total. The first-order chi connectivity index (χ1) is 7.69. The highest BCUT2D eigenvalue weighted by atomic mass is 35.5. The topological polar surface area (TPSA) is 21.3 Å². The first-order valence-electron chi connectivity index (χ1n) is 5.41. The Bertz CT molecular complexity index is 345. The number of ether oxygens (including phenoxy) is 1. The summed E-state index contributed by atoms with van der Waals surface area (Å²) < 4.78 is 5.26. The Morgan fingerprint density at radius 1 is 1.29 bits per heavy atom. The van der Waals surface area contributed by atoms with Gasteiger partial charge in [-0.3, -0.25) is 0 Å². The smallest absolute Gasteiger partial charge is 0.142 e. The molecule has 0 saturated carbocycles. The molecule has 0 aliphatic carbocycles. The van der Waals surface area contributed by atoms with Crippen LogP contribution in [0.4, 0.5) is 0 Å². The van der Waals surface area contributed by atoms with Gasteiger partial charge in [-0.2, -0.15) is 0 Å². The maximum absolute atomic E-state index is 6.04. The number of halogens is 3. The molecule has 0 heterocycles. The molecule has 0 bridgehead atoms. The average Bonchev–Trinajstić information content (AvgIpc) is 2.24. The van der Waals surface area contributed by atoms with Crippen molar-refractivity contribution in [3.63, 3.8) is 0 Å². The Kier molecular flexibility index (Phi) is 8.79. The van der Waals surface area contributed by atoms with E-state index in [1.54, 1.807) is 13.2 Å². The molecule has 1 rings (SSSR count). The molecule has 0 amide bonds. The zero-order valence-corrected chi connectivity index (χ0v) is 12.4. The van der Waals surface area contributed by atoms with Crippen molar-refractivity contribution in [2.24, 2.45) is 0 Å². The molecule has 0 saturated heterocycles. The van der Waals surface area contributed by atoms with Gasteiger partial charge >= 0.3 is 0 Å². The summed E-state index contributed by atoms with van der Waals surface area (Å²) in [4.78, 5) is 0. The van der Waals surface area contributed by atoms with Crippen molar-refractivity contribution in [3.05, 3.63) is 27.7 Å². The lowest BCUT2D eigenvalue weighted by Gasteiger charge is -2.11. The fraction of sp³-hybridized carbons (Fsp3) is 0.500. The van der Waals surface area contributed by atoms with E-state index in [0.29, 0.717) is 15.8 Å². The maximum Gasteiger partial charge on any atom is 0.142 e. The van der Waals surface area contributed by atoms with E-state index >= 15 is 0 Å². The molecule has 5 heteroatoms. The average molecular weight is 299 g/mol. The monoisotopic (exact) mass is 297 g/mol. The lowest BCUT2D eigenvalue weighted by molar-refractivity contribution is 0.408. The van der Waals surface area contributed by atoms with Crippen LogP contribution in [-0.4, -0.2) is 13.7 Å². The van der Waals surface area contributed by atoms with Crippen molar-refractivity contribution in [2.75, 3.05) is 13.7 Å². The van der Waals surface area contributed by atoms with Gasteiger partial charge < -0.3 is 10.1 Å². The molecular weight excluding hydrogens is 280 g/mol. The number of nitrogens with one attached hydrogen (secondary N) is 1. The molecule has 0 radical (unpaired) electrons. The maximum atomic E-state index is 6.04. The largest absolute Gasteiger partial charge is 0.495 e. The lowest BCUT2D eigenvalue weighted by atomic mass is 10.2. The van der Waals surface area contributed by atoms with Gasteiger partial charge in [-0.15, -0.1) is 12.4 Å². The Morgan fingerprint density at radius 3 is 2.59 bits per heavy atom. The predicted molar refractivity (Wildman–Crippen MR) is 76.9 cm³/mol. The third kappa shape index (κ3) is 5.35. The van der Waals surface area contributed by atoms with Gasteiger partial charge in [0.05, 0.1) is 12.1 Å². The third-order valence-corrected chi connectivity index (χ3v) is 2.81. The minimum atomic E-state index is 0. The van der Waals surface area contributed by atoms with Gasteiger partial charge in [-0.05, 0) is 25.1 Å². The molecule has 1 N–H and O–H groups in total. The Labute approximate surface area is 119 Å². The number of methoxy groups -OCH3 is 1. The van der Waals surface area contributed by atoms with Gasteiger partial charge in [0.15, 0.2) is 0 Å². The number of hydrogen-bond donors (Lipinski definition) is 1. The van der Waals surface area contributed by atoms with Crippen molar-refractivity contribution in [2.45, 2.75) is 26.3 Å². The van der Waals surface area contributed by atoms with Crippen LogP contribution < -0.4 is 10.1 Å². The SMILES string of the molecule is CCCCNCc1cc(Cl)cc(Cl)c1OC.Cl. The van der Waals surface area contributed by atoms with Crippen LogP contribution in [0, 0.1) is 0 Å². The van der Waals surface area contributed by atoms with E-state index < -0.39 is 0 Å². The molecule has 98 valence electrons. The first kappa shape index (κ1) is 16.9. The van der Waals surface area contributed by atoms with Crippen LogP contribution in [0.3, 0.4) is 0 Å². The predicted octanol–water partition coefficient (Wildman–Crippen LogP) is 4.31. The number of benzene rings is 1. The van der Waals surface area contributed by atoms with Crippen LogP contribution in [0.2, 0.25) is 10.0 Å². The second kappa shape index (κ2) is 8.87. The van der Waals surface area contributed by atoms with Gasteiger partial charge in [-0.1, -0.05) is 36.5 Å². The molecule has 0 atom stereocenters. The minimum Gasteiger partial charge on any atom is -0.495 e. The van der Waals surface area contributed by atoms with E-state index in [2.05, 4.69) is 12.2 Å². The Hall–Kier alpha value is -0.150. The summed E-state index contributed by atoms with van der Waals surface area (Å²) in [5.74, 6) is 0.704. The summed E-state index contributed by atoms with van der Waals surface area (Å²) in [6.45, 7) is 3.88. The molecule has 1 aromatic rings. The van der Waals surface area contributed by atoms with Gasteiger partial charge in [-0.25, -0.2) is 0 Å². The van der Waals surface area contributed by atoms with Crippen LogP contribution in [0.25, 0.3) is 0 Å². The van der Waals surface area contributed by atoms with Crippen molar-refractivity contribution in [1.29, 1.82) is 0 Å². The molecule has 1 aromatic carbocycles. The highest BCUT2D eigenvalue weighted by Crippen LogP contribution is 2.31. The fourth-order valence-electron chi connectivity index (χ4n) is 1.50. The van der Waals surface area contributed by atoms with Crippen LogP contribution in [0.1, 0.15) is 25.3 Å². The Morgan fingerprint density at radius 2 is 2.00 bits per heavy atom. The number of rotatable bonds is 6. The number of hydrogen-bond acceptors (Lipinski definition) is 2. The van der Waals surface area contributed by atoms with Crippen LogP contribution in [-0.2, 0) is 6.54 Å². The normalized spacial score (nSPS) is 9.88. The summed E-state index contributed by atoms with van der Waals surface area (Å²) in [5, 5.41) is 4.53. The van der Waals surface area contributed by atoms with Crippen LogP contribution in [0.15, 0.2) is 12.1 Å². The van der Waals surface area contributed by atoms with Gasteiger partial charge in [0.1, 0.15) is 5.75 Å². The molecule has 0 unspecified atom stereocenters. The van der Waals surface area contributed by atoms with E-state index in [1.807, 2.05) is 6.07 Å². The van der Waals surface area contributed by atoms with Crippen LogP contribution in [0.5, 0.6) is 5.75 Å². The fourth-order valence-corrected chi connectivity index (χ4v) is 2.11. The van der Waals surface area contributed by atoms with E-state index in [-0.39, 0.29) is 12.4 Å². The summed E-state index contributed by atoms with van der Waals surface area (Å²) in [6, 6.07) is 3.57. The summed E-state index contributed by atoms with van der Waals surface area (Å²) in [5.41, 5.74) is 0.996. The quantitative estimate of drug-likeness (QED) is 0.790. The molecule has 0 spiro atoms.